The lowest BCUT2D eigenvalue weighted by molar-refractivity contribution is -0.127. The van der Waals surface area contributed by atoms with Crippen LogP contribution in [-0.2, 0) is 16.1 Å². The molecule has 0 saturated carbocycles. The van der Waals surface area contributed by atoms with Crippen molar-refractivity contribution in [2.45, 2.75) is 26.5 Å². The van der Waals surface area contributed by atoms with Crippen LogP contribution in [0.1, 0.15) is 29.8 Å². The fraction of sp³-hybridized carbons (Fsp3) is 0.192. The van der Waals surface area contributed by atoms with E-state index in [9.17, 15) is 14.4 Å². The van der Waals surface area contributed by atoms with Gasteiger partial charge in [-0.2, -0.15) is 0 Å². The number of hydrogen-bond acceptors (Lipinski definition) is 6. The Kier molecular flexibility index (Phi) is 9.09. The first-order valence-electron chi connectivity index (χ1n) is 10.9. The van der Waals surface area contributed by atoms with Crippen LogP contribution in [0.3, 0.4) is 0 Å². The summed E-state index contributed by atoms with van der Waals surface area (Å²) in [4.78, 5) is 36.1. The van der Waals surface area contributed by atoms with E-state index in [1.165, 1.54) is 12.1 Å². The van der Waals surface area contributed by atoms with Crippen molar-refractivity contribution in [3.63, 3.8) is 0 Å². The predicted octanol–water partition coefficient (Wildman–Crippen LogP) is 5.21. The number of hydrogen-bond donors (Lipinski definition) is 2. The summed E-state index contributed by atoms with van der Waals surface area (Å²) in [5.74, 6) is 0.257. The summed E-state index contributed by atoms with van der Waals surface area (Å²) in [5, 5.41) is 6.20. The predicted molar refractivity (Wildman–Crippen MR) is 132 cm³/mol. The van der Waals surface area contributed by atoms with E-state index in [4.69, 9.17) is 25.8 Å². The zero-order chi connectivity index (χ0) is 25.2. The lowest BCUT2D eigenvalue weighted by Gasteiger charge is -2.15. The molecule has 182 valence electrons. The summed E-state index contributed by atoms with van der Waals surface area (Å²) in [7, 11) is 0. The summed E-state index contributed by atoms with van der Waals surface area (Å²) in [6.07, 6.45) is -1.48. The lowest BCUT2D eigenvalue weighted by atomic mass is 10.1. The molecule has 0 saturated heterocycles. The molecule has 0 aliphatic rings. The van der Waals surface area contributed by atoms with E-state index >= 15 is 0 Å². The number of nitrogens with one attached hydrogen (secondary N) is 2. The molecule has 35 heavy (non-hydrogen) atoms. The van der Waals surface area contributed by atoms with Crippen molar-refractivity contribution in [1.82, 2.24) is 5.32 Å². The molecule has 3 aromatic carbocycles. The van der Waals surface area contributed by atoms with Crippen LogP contribution in [0.5, 0.6) is 11.5 Å². The standard InChI is InChI=1S/C26H25ClN2O6/c1-3-33-26(32)35-23-12-6-19(7-13-23)25(31)29-21-10-4-18(5-11-21)16-28-24(30)17(2)34-22-14-8-20(27)9-15-22/h4-15,17H,3,16H2,1-2H3,(H,28,30)(H,29,31). The highest BCUT2D eigenvalue weighted by Gasteiger charge is 2.14. The fourth-order valence-electron chi connectivity index (χ4n) is 2.93. The zero-order valence-electron chi connectivity index (χ0n) is 19.2. The van der Waals surface area contributed by atoms with Gasteiger partial charge in [-0.15, -0.1) is 0 Å². The van der Waals surface area contributed by atoms with Gasteiger partial charge in [0.1, 0.15) is 11.5 Å². The molecule has 0 fully saturated rings. The Morgan fingerprint density at radius 2 is 1.51 bits per heavy atom. The second kappa shape index (κ2) is 12.4. The molecule has 0 aliphatic heterocycles. The lowest BCUT2D eigenvalue weighted by Crippen LogP contribution is -2.35. The summed E-state index contributed by atoms with van der Waals surface area (Å²) in [6.45, 7) is 3.86. The highest BCUT2D eigenvalue weighted by molar-refractivity contribution is 6.30. The maximum atomic E-state index is 12.5. The Labute approximate surface area is 208 Å². The van der Waals surface area contributed by atoms with Gasteiger partial charge in [0.2, 0.25) is 0 Å². The molecule has 8 nitrogen and oxygen atoms in total. The minimum Gasteiger partial charge on any atom is -0.481 e. The molecule has 9 heteroatoms. The van der Waals surface area contributed by atoms with Gasteiger partial charge in [0.25, 0.3) is 11.8 Å². The van der Waals surface area contributed by atoms with E-state index in [0.29, 0.717) is 28.6 Å². The Balaban J connectivity index is 1.47. The van der Waals surface area contributed by atoms with Crippen LogP contribution in [0.15, 0.2) is 72.8 Å². The van der Waals surface area contributed by atoms with Gasteiger partial charge in [0.05, 0.1) is 6.61 Å². The van der Waals surface area contributed by atoms with E-state index in [1.807, 2.05) is 0 Å². The quantitative estimate of drug-likeness (QED) is 0.311. The molecule has 2 N–H and O–H groups in total. The van der Waals surface area contributed by atoms with Crippen LogP contribution in [0, 0.1) is 0 Å². The van der Waals surface area contributed by atoms with Crippen LogP contribution in [-0.4, -0.2) is 30.7 Å². The minimum absolute atomic E-state index is 0.211. The second-order valence-electron chi connectivity index (χ2n) is 7.39. The topological polar surface area (TPSA) is 103 Å². The van der Waals surface area contributed by atoms with E-state index in [1.54, 1.807) is 74.5 Å². The SMILES string of the molecule is CCOC(=O)Oc1ccc(C(=O)Nc2ccc(CNC(=O)C(C)Oc3ccc(Cl)cc3)cc2)cc1. The molecule has 1 atom stereocenters. The van der Waals surface area contributed by atoms with Gasteiger partial charge in [0.15, 0.2) is 6.10 Å². The summed E-state index contributed by atoms with van der Waals surface area (Å²) in [5.41, 5.74) is 1.85. The van der Waals surface area contributed by atoms with Crippen molar-refractivity contribution in [3.05, 3.63) is 88.9 Å². The third-order valence-corrected chi connectivity index (χ3v) is 5.01. The molecule has 3 rings (SSSR count). The van der Waals surface area contributed by atoms with Crippen LogP contribution >= 0.6 is 11.6 Å². The van der Waals surface area contributed by atoms with Gasteiger partial charge in [-0.3, -0.25) is 9.59 Å². The van der Waals surface area contributed by atoms with Crippen LogP contribution in [0.2, 0.25) is 5.02 Å². The first-order chi connectivity index (χ1) is 16.8. The van der Waals surface area contributed by atoms with Crippen molar-refractivity contribution >= 4 is 35.3 Å². The van der Waals surface area contributed by atoms with Gasteiger partial charge in [0, 0.05) is 22.8 Å². The number of rotatable bonds is 9. The number of ether oxygens (including phenoxy) is 3. The molecule has 0 bridgehead atoms. The maximum Gasteiger partial charge on any atom is 0.513 e. The van der Waals surface area contributed by atoms with Crippen molar-refractivity contribution < 1.29 is 28.6 Å². The summed E-state index contributed by atoms with van der Waals surface area (Å²) in [6, 6.07) is 20.0. The molecule has 0 aromatic heterocycles. The van der Waals surface area contributed by atoms with Gasteiger partial charge >= 0.3 is 6.16 Å². The first kappa shape index (κ1) is 25.6. The van der Waals surface area contributed by atoms with Gasteiger partial charge < -0.3 is 24.8 Å². The maximum absolute atomic E-state index is 12.5. The molecule has 3 aromatic rings. The number of halogens is 1. The third-order valence-electron chi connectivity index (χ3n) is 4.75. The number of benzene rings is 3. The molecule has 0 heterocycles. The Morgan fingerprint density at radius 1 is 0.886 bits per heavy atom. The van der Waals surface area contributed by atoms with Crippen molar-refractivity contribution in [2.24, 2.45) is 0 Å². The van der Waals surface area contributed by atoms with E-state index in [0.717, 1.165) is 5.56 Å². The summed E-state index contributed by atoms with van der Waals surface area (Å²) >= 11 is 5.85. The number of anilines is 1. The van der Waals surface area contributed by atoms with Gasteiger partial charge in [-0.25, -0.2) is 4.79 Å². The largest absolute Gasteiger partial charge is 0.513 e. The Hall–Kier alpha value is -4.04. The van der Waals surface area contributed by atoms with Crippen LogP contribution in [0.25, 0.3) is 0 Å². The smallest absolute Gasteiger partial charge is 0.481 e. The number of carbonyl (C=O) groups excluding carboxylic acids is 3. The highest BCUT2D eigenvalue weighted by atomic mass is 35.5. The number of carbonyl (C=O) groups is 3. The minimum atomic E-state index is -0.801. The average molecular weight is 497 g/mol. The zero-order valence-corrected chi connectivity index (χ0v) is 20.0. The average Bonchev–Trinajstić information content (AvgIpc) is 2.85. The van der Waals surface area contributed by atoms with Crippen molar-refractivity contribution in [1.29, 1.82) is 0 Å². The summed E-state index contributed by atoms with van der Waals surface area (Å²) < 4.78 is 15.3. The molecule has 0 radical (unpaired) electrons. The van der Waals surface area contributed by atoms with Crippen molar-refractivity contribution in [3.8, 4) is 11.5 Å². The Bertz CT molecular complexity index is 1150. The molecular weight excluding hydrogens is 472 g/mol. The van der Waals surface area contributed by atoms with E-state index < -0.39 is 12.3 Å². The second-order valence-corrected chi connectivity index (χ2v) is 7.83. The molecular formula is C26H25ClN2O6. The first-order valence-corrected chi connectivity index (χ1v) is 11.3. The molecule has 1 unspecified atom stereocenters. The third kappa shape index (κ3) is 8.04. The molecule has 0 spiro atoms. The fourth-order valence-corrected chi connectivity index (χ4v) is 3.06. The number of amides is 2. The highest BCUT2D eigenvalue weighted by Crippen LogP contribution is 2.18. The van der Waals surface area contributed by atoms with Crippen LogP contribution in [0.4, 0.5) is 10.5 Å². The van der Waals surface area contributed by atoms with Crippen molar-refractivity contribution in [2.75, 3.05) is 11.9 Å². The van der Waals surface area contributed by atoms with Crippen LogP contribution < -0.4 is 20.1 Å². The normalized spacial score (nSPS) is 11.2. The monoisotopic (exact) mass is 496 g/mol. The van der Waals surface area contributed by atoms with Gasteiger partial charge in [-0.05, 0) is 80.1 Å². The van der Waals surface area contributed by atoms with Gasteiger partial charge in [-0.1, -0.05) is 23.7 Å². The molecule has 0 aliphatic carbocycles. The molecule has 2 amide bonds. The van der Waals surface area contributed by atoms with E-state index in [-0.39, 0.29) is 24.2 Å². The Morgan fingerprint density at radius 3 is 2.14 bits per heavy atom. The van der Waals surface area contributed by atoms with E-state index in [2.05, 4.69) is 10.6 Å².